The molecule has 1 N–H and O–H groups in total. The summed E-state index contributed by atoms with van der Waals surface area (Å²) in [7, 11) is 1.13. The topological polar surface area (TPSA) is 57.6 Å². The van der Waals surface area contributed by atoms with Gasteiger partial charge in [-0.15, -0.1) is 0 Å². The van der Waals surface area contributed by atoms with Gasteiger partial charge in [-0.1, -0.05) is 25.7 Å². The van der Waals surface area contributed by atoms with Crippen LogP contribution in [0.1, 0.15) is 57.8 Å². The molecular formula is C16H31NO3S. The summed E-state index contributed by atoms with van der Waals surface area (Å²) in [5.74, 6) is 0.124. The van der Waals surface area contributed by atoms with Crippen LogP contribution in [0.3, 0.4) is 0 Å². The number of nitrogens with zero attached hydrogens (tertiary/aromatic N) is 1. The number of sulfone groups is 1. The van der Waals surface area contributed by atoms with Gasteiger partial charge in [-0.05, 0) is 52.1 Å². The molecule has 5 heteroatoms. The molecule has 0 heterocycles. The van der Waals surface area contributed by atoms with Crippen LogP contribution in [-0.2, 0) is 9.84 Å². The van der Waals surface area contributed by atoms with Crippen molar-refractivity contribution in [3.63, 3.8) is 0 Å². The molecular weight excluding hydrogens is 286 g/mol. The standard InChI is InChI=1S/C16H31NO3S/c1-17(2)16(10-5-4-6-11-16)15(18)13-8-7-9-14(12-13)21(3,19)20/h13-15,18H,4-12H2,1-3H3. The Bertz CT molecular complexity index is 440. The average Bonchev–Trinajstić information content (AvgIpc) is 2.46. The van der Waals surface area contributed by atoms with Gasteiger partial charge in [0, 0.05) is 11.8 Å². The normalized spacial score (nSPS) is 32.0. The fourth-order valence-corrected chi connectivity index (χ4v) is 5.66. The number of likely N-dealkylation sites (N-methyl/N-ethyl adjacent to an activating group) is 1. The van der Waals surface area contributed by atoms with E-state index in [-0.39, 0.29) is 16.7 Å². The summed E-state index contributed by atoms with van der Waals surface area (Å²) in [6.45, 7) is 0. The smallest absolute Gasteiger partial charge is 0.150 e. The van der Waals surface area contributed by atoms with E-state index in [9.17, 15) is 13.5 Å². The maximum Gasteiger partial charge on any atom is 0.150 e. The van der Waals surface area contributed by atoms with Gasteiger partial charge in [0.15, 0.2) is 0 Å². The highest BCUT2D eigenvalue weighted by molar-refractivity contribution is 7.91. The maximum absolute atomic E-state index is 11.9. The van der Waals surface area contributed by atoms with Crippen molar-refractivity contribution in [2.75, 3.05) is 20.4 Å². The van der Waals surface area contributed by atoms with Gasteiger partial charge in [0.1, 0.15) is 9.84 Å². The van der Waals surface area contributed by atoms with Crippen molar-refractivity contribution in [1.29, 1.82) is 0 Å². The lowest BCUT2D eigenvalue weighted by Crippen LogP contribution is -2.58. The molecule has 3 unspecified atom stereocenters. The Labute approximate surface area is 129 Å². The van der Waals surface area contributed by atoms with Crippen LogP contribution in [0.4, 0.5) is 0 Å². The highest BCUT2D eigenvalue weighted by Gasteiger charge is 2.46. The Morgan fingerprint density at radius 2 is 1.71 bits per heavy atom. The highest BCUT2D eigenvalue weighted by atomic mass is 32.2. The summed E-state index contributed by atoms with van der Waals surface area (Å²) >= 11 is 0. The zero-order chi connectivity index (χ0) is 15.7. The first-order valence-electron chi connectivity index (χ1n) is 8.32. The van der Waals surface area contributed by atoms with Gasteiger partial charge < -0.3 is 10.0 Å². The molecule has 2 rings (SSSR count). The molecule has 21 heavy (non-hydrogen) atoms. The van der Waals surface area contributed by atoms with Crippen molar-refractivity contribution in [1.82, 2.24) is 4.90 Å². The maximum atomic E-state index is 11.9. The number of aliphatic hydroxyl groups excluding tert-OH is 1. The van der Waals surface area contributed by atoms with Crippen LogP contribution in [0.15, 0.2) is 0 Å². The lowest BCUT2D eigenvalue weighted by molar-refractivity contribution is -0.0692. The average molecular weight is 317 g/mol. The molecule has 4 nitrogen and oxygen atoms in total. The van der Waals surface area contributed by atoms with Gasteiger partial charge >= 0.3 is 0 Å². The summed E-state index contributed by atoms with van der Waals surface area (Å²) in [5, 5.41) is 10.8. The van der Waals surface area contributed by atoms with Crippen LogP contribution in [-0.4, -0.2) is 55.7 Å². The molecule has 3 atom stereocenters. The lowest BCUT2D eigenvalue weighted by Gasteiger charge is -2.50. The second-order valence-electron chi connectivity index (χ2n) is 7.38. The van der Waals surface area contributed by atoms with Gasteiger partial charge in [0.05, 0.1) is 11.4 Å². The van der Waals surface area contributed by atoms with E-state index >= 15 is 0 Å². The van der Waals surface area contributed by atoms with Gasteiger partial charge in [0.2, 0.25) is 0 Å². The van der Waals surface area contributed by atoms with Gasteiger partial charge in [0.25, 0.3) is 0 Å². The predicted molar refractivity (Wildman–Crippen MR) is 86.1 cm³/mol. The first-order chi connectivity index (χ1) is 9.77. The summed E-state index contributed by atoms with van der Waals surface area (Å²) in [5.41, 5.74) is -0.150. The highest BCUT2D eigenvalue weighted by Crippen LogP contribution is 2.42. The van der Waals surface area contributed by atoms with Gasteiger partial charge in [-0.3, -0.25) is 0 Å². The summed E-state index contributed by atoms with van der Waals surface area (Å²) in [6, 6.07) is 0. The molecule has 0 radical (unpaired) electrons. The van der Waals surface area contributed by atoms with Crippen molar-refractivity contribution in [2.45, 2.75) is 74.7 Å². The van der Waals surface area contributed by atoms with Crippen LogP contribution < -0.4 is 0 Å². The van der Waals surface area contributed by atoms with E-state index in [1.54, 1.807) is 0 Å². The minimum absolute atomic E-state index is 0.124. The van der Waals surface area contributed by atoms with Crippen molar-refractivity contribution < 1.29 is 13.5 Å². The number of hydrogen-bond donors (Lipinski definition) is 1. The third-order valence-electron chi connectivity index (χ3n) is 5.88. The monoisotopic (exact) mass is 317 g/mol. The third kappa shape index (κ3) is 3.62. The molecule has 124 valence electrons. The molecule has 2 saturated carbocycles. The SMILES string of the molecule is CN(C)C1(C(O)C2CCCC(S(C)(=O)=O)C2)CCCCC1. The Morgan fingerprint density at radius 3 is 2.24 bits per heavy atom. The number of hydrogen-bond acceptors (Lipinski definition) is 4. The molecule has 0 amide bonds. The fraction of sp³-hybridized carbons (Fsp3) is 1.00. The molecule has 0 aliphatic heterocycles. The van der Waals surface area contributed by atoms with Crippen LogP contribution >= 0.6 is 0 Å². The van der Waals surface area contributed by atoms with Crippen molar-refractivity contribution >= 4 is 9.84 Å². The molecule has 2 aliphatic rings. The molecule has 2 aliphatic carbocycles. The Morgan fingerprint density at radius 1 is 1.10 bits per heavy atom. The predicted octanol–water partition coefficient (Wildman–Crippen LogP) is 2.22. The Hall–Kier alpha value is -0.130. The van der Waals surface area contributed by atoms with Crippen LogP contribution in [0.5, 0.6) is 0 Å². The van der Waals surface area contributed by atoms with E-state index in [0.717, 1.165) is 44.9 Å². The van der Waals surface area contributed by atoms with E-state index < -0.39 is 15.9 Å². The second-order valence-corrected chi connectivity index (χ2v) is 9.71. The summed E-state index contributed by atoms with van der Waals surface area (Å²) < 4.78 is 23.7. The van der Waals surface area contributed by atoms with E-state index in [0.29, 0.717) is 6.42 Å². The minimum atomic E-state index is -2.99. The van der Waals surface area contributed by atoms with Gasteiger partial charge in [-0.2, -0.15) is 0 Å². The Balaban J connectivity index is 2.15. The third-order valence-corrected chi connectivity index (χ3v) is 7.52. The molecule has 0 saturated heterocycles. The van der Waals surface area contributed by atoms with Crippen LogP contribution in [0.2, 0.25) is 0 Å². The van der Waals surface area contributed by atoms with Crippen molar-refractivity contribution in [3.8, 4) is 0 Å². The van der Waals surface area contributed by atoms with Gasteiger partial charge in [-0.25, -0.2) is 8.42 Å². The van der Waals surface area contributed by atoms with Crippen LogP contribution in [0, 0.1) is 5.92 Å². The Kier molecular flexibility index (Phi) is 5.37. The largest absolute Gasteiger partial charge is 0.391 e. The first-order valence-corrected chi connectivity index (χ1v) is 10.3. The van der Waals surface area contributed by atoms with E-state index in [1.807, 2.05) is 0 Å². The van der Waals surface area contributed by atoms with E-state index in [4.69, 9.17) is 0 Å². The van der Waals surface area contributed by atoms with Crippen LogP contribution in [0.25, 0.3) is 0 Å². The summed E-state index contributed by atoms with van der Waals surface area (Å²) in [6.07, 6.45) is 9.85. The van der Waals surface area contributed by atoms with Crippen molar-refractivity contribution in [2.24, 2.45) is 5.92 Å². The molecule has 0 aromatic rings. The minimum Gasteiger partial charge on any atom is -0.391 e. The number of rotatable bonds is 4. The lowest BCUT2D eigenvalue weighted by atomic mass is 9.69. The van der Waals surface area contributed by atoms with E-state index in [1.165, 1.54) is 12.7 Å². The molecule has 0 aromatic carbocycles. The zero-order valence-electron chi connectivity index (χ0n) is 13.7. The fourth-order valence-electron chi connectivity index (χ4n) is 4.47. The number of aliphatic hydroxyl groups is 1. The van der Waals surface area contributed by atoms with Crippen molar-refractivity contribution in [3.05, 3.63) is 0 Å². The molecule has 0 spiro atoms. The molecule has 0 aromatic heterocycles. The second kappa shape index (κ2) is 6.55. The van der Waals surface area contributed by atoms with E-state index in [2.05, 4.69) is 19.0 Å². The molecule has 2 fully saturated rings. The molecule has 0 bridgehead atoms. The zero-order valence-corrected chi connectivity index (χ0v) is 14.5. The summed E-state index contributed by atoms with van der Waals surface area (Å²) in [4.78, 5) is 2.20. The quantitative estimate of drug-likeness (QED) is 0.864. The first kappa shape index (κ1) is 17.2.